The van der Waals surface area contributed by atoms with Crippen molar-refractivity contribution in [3.8, 4) is 0 Å². The van der Waals surface area contributed by atoms with Gasteiger partial charge in [-0.3, -0.25) is 4.68 Å². The highest BCUT2D eigenvalue weighted by atomic mass is 19.4. The number of hydrogen-bond donors (Lipinski definition) is 2. The van der Waals surface area contributed by atoms with E-state index in [4.69, 9.17) is 5.73 Å². The number of aryl methyl sites for hydroxylation is 1. The molecule has 0 unspecified atom stereocenters. The number of hydrogen-bond acceptors (Lipinski definition) is 3. The Labute approximate surface area is 84.2 Å². The van der Waals surface area contributed by atoms with E-state index in [1.54, 1.807) is 7.05 Å². The molecule has 1 aromatic heterocycles. The Morgan fingerprint density at radius 1 is 1.53 bits per heavy atom. The molecule has 0 aromatic carbocycles. The predicted molar refractivity (Wildman–Crippen MR) is 49.3 cm³/mol. The zero-order valence-electron chi connectivity index (χ0n) is 8.10. The minimum absolute atomic E-state index is 0.0759. The van der Waals surface area contributed by atoms with Crippen molar-refractivity contribution in [3.05, 3.63) is 6.20 Å². The molecule has 0 aliphatic heterocycles. The highest BCUT2D eigenvalue weighted by Gasteiger charge is 2.64. The fourth-order valence-electron chi connectivity index (χ4n) is 1.43. The van der Waals surface area contributed by atoms with Crippen molar-refractivity contribution in [3.63, 3.8) is 0 Å². The molecule has 3 N–H and O–H groups in total. The molecule has 0 radical (unpaired) electrons. The molecule has 0 atom stereocenters. The van der Waals surface area contributed by atoms with Crippen LogP contribution in [0.1, 0.15) is 12.8 Å². The van der Waals surface area contributed by atoms with Gasteiger partial charge in [0.15, 0.2) is 5.82 Å². The van der Waals surface area contributed by atoms with E-state index in [0.717, 1.165) is 0 Å². The maximum atomic E-state index is 12.6. The first-order chi connectivity index (χ1) is 6.84. The van der Waals surface area contributed by atoms with E-state index in [9.17, 15) is 13.2 Å². The van der Waals surface area contributed by atoms with Crippen LogP contribution in [0.25, 0.3) is 0 Å². The molecule has 2 rings (SSSR count). The van der Waals surface area contributed by atoms with E-state index in [1.807, 2.05) is 0 Å². The molecule has 4 nitrogen and oxygen atoms in total. The van der Waals surface area contributed by atoms with Gasteiger partial charge in [0.25, 0.3) is 0 Å². The quantitative estimate of drug-likeness (QED) is 0.794. The molecule has 1 aliphatic rings. The maximum Gasteiger partial charge on any atom is 0.411 e. The molecule has 1 saturated carbocycles. The summed E-state index contributed by atoms with van der Waals surface area (Å²) in [4.78, 5) is 0. The van der Waals surface area contributed by atoms with Crippen molar-refractivity contribution in [1.82, 2.24) is 9.78 Å². The van der Waals surface area contributed by atoms with Gasteiger partial charge in [0.2, 0.25) is 0 Å². The largest absolute Gasteiger partial charge is 0.411 e. The predicted octanol–water partition coefficient (Wildman–Crippen LogP) is 1.51. The number of nitrogens with two attached hydrogens (primary N) is 1. The lowest BCUT2D eigenvalue weighted by molar-refractivity contribution is -0.151. The van der Waals surface area contributed by atoms with E-state index >= 15 is 0 Å². The Hall–Kier alpha value is -1.40. The molecular weight excluding hydrogens is 209 g/mol. The normalized spacial score (nSPS) is 18.9. The number of halogens is 3. The Morgan fingerprint density at radius 3 is 2.47 bits per heavy atom. The van der Waals surface area contributed by atoms with E-state index in [-0.39, 0.29) is 24.3 Å². The second kappa shape index (κ2) is 2.80. The lowest BCUT2D eigenvalue weighted by atomic mass is 10.2. The molecule has 0 bridgehead atoms. The number of aromatic nitrogens is 2. The SMILES string of the molecule is Cn1cc(N)c(NC2(C(F)(F)F)CC2)n1. The van der Waals surface area contributed by atoms with Gasteiger partial charge in [-0.2, -0.15) is 18.3 Å². The number of nitrogens with one attached hydrogen (secondary N) is 1. The Balaban J connectivity index is 2.19. The molecule has 84 valence electrons. The van der Waals surface area contributed by atoms with Crippen LogP contribution in [0, 0.1) is 0 Å². The molecule has 0 saturated heterocycles. The van der Waals surface area contributed by atoms with Crippen molar-refractivity contribution in [2.24, 2.45) is 7.05 Å². The minimum Gasteiger partial charge on any atom is -0.394 e. The lowest BCUT2D eigenvalue weighted by Crippen LogP contribution is -2.39. The first kappa shape index (κ1) is 10.1. The number of nitrogen functional groups attached to an aromatic ring is 1. The van der Waals surface area contributed by atoms with Crippen molar-refractivity contribution in [2.75, 3.05) is 11.1 Å². The summed E-state index contributed by atoms with van der Waals surface area (Å²) in [5.74, 6) is 0.104. The van der Waals surface area contributed by atoms with Gasteiger partial charge in [-0.15, -0.1) is 0 Å². The van der Waals surface area contributed by atoms with Crippen molar-refractivity contribution < 1.29 is 13.2 Å². The van der Waals surface area contributed by atoms with Gasteiger partial charge in [0.1, 0.15) is 5.54 Å². The standard InChI is InChI=1S/C8H11F3N4/c1-15-4-5(12)6(14-15)13-7(2-3-7)8(9,10)11/h4H,2-3,12H2,1H3,(H,13,14). The molecule has 1 fully saturated rings. The first-order valence-electron chi connectivity index (χ1n) is 4.48. The van der Waals surface area contributed by atoms with Gasteiger partial charge in [-0.25, -0.2) is 0 Å². The van der Waals surface area contributed by atoms with Crippen LogP contribution >= 0.6 is 0 Å². The summed E-state index contributed by atoms with van der Waals surface area (Å²) in [6.07, 6.45) is -2.63. The van der Waals surface area contributed by atoms with Gasteiger partial charge < -0.3 is 11.1 Å². The van der Waals surface area contributed by atoms with Crippen LogP contribution in [0.3, 0.4) is 0 Å². The smallest absolute Gasteiger partial charge is 0.394 e. The van der Waals surface area contributed by atoms with Gasteiger partial charge in [0, 0.05) is 13.2 Å². The van der Waals surface area contributed by atoms with Gasteiger partial charge in [-0.1, -0.05) is 0 Å². The second-order valence-electron chi connectivity index (χ2n) is 3.81. The monoisotopic (exact) mass is 220 g/mol. The number of nitrogens with zero attached hydrogens (tertiary/aromatic N) is 2. The summed E-state index contributed by atoms with van der Waals surface area (Å²) in [6, 6.07) is 0. The minimum atomic E-state index is -4.25. The third kappa shape index (κ3) is 1.62. The number of alkyl halides is 3. The van der Waals surface area contributed by atoms with Gasteiger partial charge in [-0.05, 0) is 12.8 Å². The highest BCUT2D eigenvalue weighted by Crippen LogP contribution is 2.51. The summed E-state index contributed by atoms with van der Waals surface area (Å²) in [5, 5.41) is 6.21. The van der Waals surface area contributed by atoms with Crippen LogP contribution in [0.2, 0.25) is 0 Å². The number of rotatable bonds is 2. The zero-order valence-corrected chi connectivity index (χ0v) is 8.10. The van der Waals surface area contributed by atoms with E-state index in [0.29, 0.717) is 0 Å². The van der Waals surface area contributed by atoms with Crippen LogP contribution in [-0.2, 0) is 7.05 Å². The summed E-state index contributed by atoms with van der Waals surface area (Å²) >= 11 is 0. The van der Waals surface area contributed by atoms with E-state index in [1.165, 1.54) is 10.9 Å². The topological polar surface area (TPSA) is 55.9 Å². The fraction of sp³-hybridized carbons (Fsp3) is 0.625. The molecule has 1 aromatic rings. The Kier molecular flexibility index (Phi) is 1.89. The maximum absolute atomic E-state index is 12.6. The Morgan fingerprint density at radius 2 is 2.13 bits per heavy atom. The summed E-state index contributed by atoms with van der Waals surface area (Å²) in [6.45, 7) is 0. The molecule has 15 heavy (non-hydrogen) atoms. The molecular formula is C8H11F3N4. The van der Waals surface area contributed by atoms with E-state index in [2.05, 4.69) is 10.4 Å². The average Bonchev–Trinajstić information content (AvgIpc) is 2.76. The zero-order chi connectivity index (χ0) is 11.3. The fourth-order valence-corrected chi connectivity index (χ4v) is 1.43. The molecule has 7 heteroatoms. The third-order valence-corrected chi connectivity index (χ3v) is 2.51. The van der Waals surface area contributed by atoms with Gasteiger partial charge >= 0.3 is 6.18 Å². The van der Waals surface area contributed by atoms with Crippen molar-refractivity contribution in [1.29, 1.82) is 0 Å². The number of anilines is 2. The van der Waals surface area contributed by atoms with Crippen molar-refractivity contribution >= 4 is 11.5 Å². The van der Waals surface area contributed by atoms with Crippen LogP contribution in [0.4, 0.5) is 24.7 Å². The lowest BCUT2D eigenvalue weighted by Gasteiger charge is -2.20. The summed E-state index contributed by atoms with van der Waals surface area (Å²) in [7, 11) is 1.61. The Bertz CT molecular complexity index is 378. The second-order valence-corrected chi connectivity index (χ2v) is 3.81. The molecule has 0 amide bonds. The first-order valence-corrected chi connectivity index (χ1v) is 4.48. The molecule has 1 aliphatic carbocycles. The van der Waals surface area contributed by atoms with Crippen LogP contribution in [-0.4, -0.2) is 21.5 Å². The van der Waals surface area contributed by atoms with Crippen molar-refractivity contribution in [2.45, 2.75) is 24.6 Å². The van der Waals surface area contributed by atoms with Crippen LogP contribution in [0.5, 0.6) is 0 Å². The molecule has 0 spiro atoms. The summed E-state index contributed by atoms with van der Waals surface area (Å²) < 4.78 is 39.1. The van der Waals surface area contributed by atoms with Crippen LogP contribution < -0.4 is 11.1 Å². The van der Waals surface area contributed by atoms with Gasteiger partial charge in [0.05, 0.1) is 5.69 Å². The summed E-state index contributed by atoms with van der Waals surface area (Å²) in [5.41, 5.74) is 3.93. The highest BCUT2D eigenvalue weighted by molar-refractivity contribution is 5.62. The average molecular weight is 220 g/mol. The van der Waals surface area contributed by atoms with E-state index < -0.39 is 11.7 Å². The van der Waals surface area contributed by atoms with Crippen LogP contribution in [0.15, 0.2) is 6.20 Å². The molecule has 1 heterocycles. The third-order valence-electron chi connectivity index (χ3n) is 2.51.